The van der Waals surface area contributed by atoms with E-state index in [1.807, 2.05) is 6.92 Å². The van der Waals surface area contributed by atoms with Gasteiger partial charge in [0.15, 0.2) is 0 Å². The number of nitrogens with one attached hydrogen (secondary N) is 1. The van der Waals surface area contributed by atoms with E-state index in [0.29, 0.717) is 17.9 Å². The van der Waals surface area contributed by atoms with E-state index in [9.17, 15) is 22.8 Å². The number of ether oxygens (including phenoxy) is 2. The lowest BCUT2D eigenvalue weighted by atomic mass is 10.0. The fourth-order valence-electron chi connectivity index (χ4n) is 3.15. The van der Waals surface area contributed by atoms with Crippen LogP contribution >= 0.6 is 0 Å². The van der Waals surface area contributed by atoms with Crippen molar-refractivity contribution in [1.82, 2.24) is 4.90 Å². The van der Waals surface area contributed by atoms with Crippen molar-refractivity contribution < 1.29 is 32.2 Å². The van der Waals surface area contributed by atoms with Crippen molar-refractivity contribution in [2.45, 2.75) is 13.1 Å². The van der Waals surface area contributed by atoms with E-state index in [-0.39, 0.29) is 30.1 Å². The minimum atomic E-state index is -4.54. The average molecular weight is 434 g/mol. The fourth-order valence-corrected chi connectivity index (χ4v) is 3.15. The van der Waals surface area contributed by atoms with Gasteiger partial charge in [-0.05, 0) is 42.8 Å². The number of hydrogen-bond acceptors (Lipinski definition) is 5. The molecule has 0 radical (unpaired) electrons. The third-order valence-corrected chi connectivity index (χ3v) is 4.60. The molecule has 0 spiro atoms. The Bertz CT molecular complexity index is 1000. The van der Waals surface area contributed by atoms with E-state index < -0.39 is 23.6 Å². The van der Waals surface area contributed by atoms with Crippen LogP contribution in [0.3, 0.4) is 0 Å². The van der Waals surface area contributed by atoms with E-state index in [1.165, 1.54) is 19.2 Å². The van der Waals surface area contributed by atoms with Crippen molar-refractivity contribution in [2.75, 3.05) is 32.2 Å². The molecule has 2 aromatic carbocycles. The Hall–Kier alpha value is -3.33. The van der Waals surface area contributed by atoms with Crippen molar-refractivity contribution in [3.8, 4) is 5.75 Å². The summed E-state index contributed by atoms with van der Waals surface area (Å²) in [4.78, 5) is 26.9. The third kappa shape index (κ3) is 4.88. The molecule has 0 unspecified atom stereocenters. The van der Waals surface area contributed by atoms with Crippen LogP contribution in [-0.4, -0.2) is 43.6 Å². The highest BCUT2D eigenvalue weighted by Crippen LogP contribution is 2.34. The molecule has 6 nitrogen and oxygen atoms in total. The van der Waals surface area contributed by atoms with E-state index in [4.69, 9.17) is 9.47 Å². The predicted octanol–water partition coefficient (Wildman–Crippen LogP) is 3.94. The molecule has 0 saturated heterocycles. The monoisotopic (exact) mass is 434 g/mol. The summed E-state index contributed by atoms with van der Waals surface area (Å²) in [5.74, 6) is -0.601. The second kappa shape index (κ2) is 9.22. The topological polar surface area (TPSA) is 67.9 Å². The van der Waals surface area contributed by atoms with Crippen molar-refractivity contribution in [3.05, 3.63) is 65.4 Å². The summed E-state index contributed by atoms with van der Waals surface area (Å²) < 4.78 is 49.6. The average Bonchev–Trinajstić information content (AvgIpc) is 2.96. The van der Waals surface area contributed by atoms with Crippen LogP contribution in [-0.2, 0) is 20.5 Å². The quantitative estimate of drug-likeness (QED) is 0.638. The van der Waals surface area contributed by atoms with Crippen molar-refractivity contribution in [2.24, 2.45) is 0 Å². The maximum absolute atomic E-state index is 13.1. The van der Waals surface area contributed by atoms with Gasteiger partial charge in [-0.3, -0.25) is 14.5 Å². The second-order valence-electron chi connectivity index (χ2n) is 6.67. The highest BCUT2D eigenvalue weighted by atomic mass is 19.4. The maximum atomic E-state index is 13.1. The lowest BCUT2D eigenvalue weighted by Crippen LogP contribution is -2.35. The highest BCUT2D eigenvalue weighted by molar-refractivity contribution is 6.36. The van der Waals surface area contributed by atoms with Gasteiger partial charge in [-0.1, -0.05) is 18.2 Å². The Kier molecular flexibility index (Phi) is 6.65. The SMILES string of the molecule is CCOc1ccc(C2=C(Nc3cccc(C(F)(F)F)c3)C(=O)N(CCOC)C2=O)cc1. The summed E-state index contributed by atoms with van der Waals surface area (Å²) in [6.45, 7) is 2.44. The first-order chi connectivity index (χ1) is 14.8. The van der Waals surface area contributed by atoms with Gasteiger partial charge in [0.05, 0.1) is 30.9 Å². The standard InChI is InChI=1S/C22H21F3N2O4/c1-3-31-17-9-7-14(8-10-17)18-19(21(29)27(20(18)28)11-12-30-2)26-16-6-4-5-15(13-16)22(23,24)25/h4-10,13,26H,3,11-12H2,1-2H3. The summed E-state index contributed by atoms with van der Waals surface area (Å²) in [6.07, 6.45) is -4.54. The molecule has 2 amide bonds. The number of nitrogens with zero attached hydrogens (tertiary/aromatic N) is 1. The van der Waals surface area contributed by atoms with Gasteiger partial charge in [0.1, 0.15) is 11.4 Å². The second-order valence-corrected chi connectivity index (χ2v) is 6.67. The van der Waals surface area contributed by atoms with Crippen LogP contribution in [0.15, 0.2) is 54.2 Å². The van der Waals surface area contributed by atoms with Gasteiger partial charge in [-0.2, -0.15) is 13.2 Å². The Labute approximate surface area is 177 Å². The minimum absolute atomic E-state index is 0.0163. The summed E-state index contributed by atoms with van der Waals surface area (Å²) >= 11 is 0. The minimum Gasteiger partial charge on any atom is -0.494 e. The summed E-state index contributed by atoms with van der Waals surface area (Å²) in [7, 11) is 1.44. The number of carbonyl (C=O) groups excluding carboxylic acids is 2. The lowest BCUT2D eigenvalue weighted by Gasteiger charge is -2.15. The Morgan fingerprint density at radius 2 is 1.74 bits per heavy atom. The van der Waals surface area contributed by atoms with E-state index in [1.54, 1.807) is 24.3 Å². The number of carbonyl (C=O) groups is 2. The zero-order valence-electron chi connectivity index (χ0n) is 17.0. The molecule has 0 bridgehead atoms. The maximum Gasteiger partial charge on any atom is 0.416 e. The molecular formula is C22H21F3N2O4. The largest absolute Gasteiger partial charge is 0.494 e. The summed E-state index contributed by atoms with van der Waals surface area (Å²) in [6, 6.07) is 11.0. The molecule has 9 heteroatoms. The third-order valence-electron chi connectivity index (χ3n) is 4.60. The molecule has 1 aliphatic heterocycles. The number of halogens is 3. The van der Waals surface area contributed by atoms with Crippen LogP contribution in [0.1, 0.15) is 18.1 Å². The highest BCUT2D eigenvalue weighted by Gasteiger charge is 2.39. The summed E-state index contributed by atoms with van der Waals surface area (Å²) in [5.41, 5.74) is -0.404. The number of imide groups is 1. The zero-order chi connectivity index (χ0) is 22.6. The molecule has 0 atom stereocenters. The molecule has 0 saturated carbocycles. The molecule has 1 N–H and O–H groups in total. The molecule has 1 heterocycles. The van der Waals surface area contributed by atoms with Crippen molar-refractivity contribution in [3.63, 3.8) is 0 Å². The van der Waals surface area contributed by atoms with E-state index >= 15 is 0 Å². The first kappa shape index (κ1) is 22.4. The van der Waals surface area contributed by atoms with Gasteiger partial charge < -0.3 is 14.8 Å². The van der Waals surface area contributed by atoms with Crippen LogP contribution in [0.25, 0.3) is 5.57 Å². The van der Waals surface area contributed by atoms with E-state index in [2.05, 4.69) is 5.32 Å². The number of alkyl halides is 3. The molecule has 1 aliphatic rings. The van der Waals surface area contributed by atoms with Gasteiger partial charge in [0, 0.05) is 12.8 Å². The van der Waals surface area contributed by atoms with Gasteiger partial charge in [0.2, 0.25) is 0 Å². The molecule has 31 heavy (non-hydrogen) atoms. The van der Waals surface area contributed by atoms with Crippen LogP contribution in [0.2, 0.25) is 0 Å². The number of methoxy groups -OCH3 is 1. The first-order valence-electron chi connectivity index (χ1n) is 9.53. The predicted molar refractivity (Wildman–Crippen MR) is 108 cm³/mol. The van der Waals surface area contributed by atoms with Gasteiger partial charge in [-0.15, -0.1) is 0 Å². The zero-order valence-corrected chi connectivity index (χ0v) is 17.0. The van der Waals surface area contributed by atoms with Crippen LogP contribution < -0.4 is 10.1 Å². The number of hydrogen-bond donors (Lipinski definition) is 1. The molecular weight excluding hydrogens is 413 g/mol. The lowest BCUT2D eigenvalue weighted by molar-refractivity contribution is -0.138. The summed E-state index contributed by atoms with van der Waals surface area (Å²) in [5, 5.41) is 2.72. The Balaban J connectivity index is 2.02. The Morgan fingerprint density at radius 1 is 1.03 bits per heavy atom. The molecule has 2 aromatic rings. The molecule has 3 rings (SSSR count). The molecule has 0 aliphatic carbocycles. The number of amides is 2. The van der Waals surface area contributed by atoms with Crippen LogP contribution in [0, 0.1) is 0 Å². The van der Waals surface area contributed by atoms with Gasteiger partial charge >= 0.3 is 6.18 Å². The number of rotatable bonds is 8. The number of benzene rings is 2. The van der Waals surface area contributed by atoms with E-state index in [0.717, 1.165) is 17.0 Å². The molecule has 0 aromatic heterocycles. The number of anilines is 1. The smallest absolute Gasteiger partial charge is 0.416 e. The van der Waals surface area contributed by atoms with Crippen molar-refractivity contribution >= 4 is 23.1 Å². The first-order valence-corrected chi connectivity index (χ1v) is 9.53. The van der Waals surface area contributed by atoms with Crippen LogP contribution in [0.5, 0.6) is 5.75 Å². The molecule has 164 valence electrons. The fraction of sp³-hybridized carbons (Fsp3) is 0.273. The van der Waals surface area contributed by atoms with Crippen molar-refractivity contribution in [1.29, 1.82) is 0 Å². The van der Waals surface area contributed by atoms with Crippen LogP contribution in [0.4, 0.5) is 18.9 Å². The Morgan fingerprint density at radius 3 is 2.35 bits per heavy atom. The normalized spacial score (nSPS) is 14.4. The molecule has 0 fully saturated rings. The van der Waals surface area contributed by atoms with Gasteiger partial charge in [0.25, 0.3) is 11.8 Å². The van der Waals surface area contributed by atoms with Gasteiger partial charge in [-0.25, -0.2) is 0 Å².